The molecule has 0 saturated carbocycles. The molecular formula is C9H16N2O2. The highest BCUT2D eigenvalue weighted by Crippen LogP contribution is 1.95. The molecule has 0 bridgehead atoms. The summed E-state index contributed by atoms with van der Waals surface area (Å²) in [5.41, 5.74) is 0. The lowest BCUT2D eigenvalue weighted by atomic mass is 10.4. The molecule has 0 fully saturated rings. The molecule has 0 heterocycles. The molecule has 0 aliphatic carbocycles. The summed E-state index contributed by atoms with van der Waals surface area (Å²) in [6.07, 6.45) is 3.90. The van der Waals surface area contributed by atoms with Gasteiger partial charge in [-0.1, -0.05) is 6.08 Å². The molecule has 4 nitrogen and oxygen atoms in total. The second kappa shape index (κ2) is 6.22. The van der Waals surface area contributed by atoms with Crippen molar-refractivity contribution in [1.82, 2.24) is 4.90 Å². The largest absolute Gasteiger partial charge is 0.469 e. The van der Waals surface area contributed by atoms with Gasteiger partial charge < -0.3 is 9.64 Å². The van der Waals surface area contributed by atoms with Crippen LogP contribution in [-0.4, -0.2) is 30.4 Å². The second-order valence-electron chi connectivity index (χ2n) is 2.59. The minimum Gasteiger partial charge on any atom is -0.469 e. The van der Waals surface area contributed by atoms with Gasteiger partial charge >= 0.3 is 5.97 Å². The Balaban J connectivity index is 3.97. The number of allylic oxidation sites excluding steroid dienone is 1. The number of nitrogens with zero attached hydrogens (tertiary/aromatic N) is 1. The van der Waals surface area contributed by atoms with Gasteiger partial charge in [-0.15, -0.1) is 0 Å². The van der Waals surface area contributed by atoms with Crippen LogP contribution in [0.3, 0.4) is 0 Å². The Morgan fingerprint density at radius 3 is 2.62 bits per heavy atom. The lowest BCUT2D eigenvalue weighted by molar-refractivity contribution is -0.140. The molecule has 0 aromatic heterocycles. The van der Waals surface area contributed by atoms with Crippen molar-refractivity contribution in [2.45, 2.75) is 20.3 Å². The van der Waals surface area contributed by atoms with Crippen LogP contribution in [0.4, 0.5) is 0 Å². The number of carbonyl (C=O) groups is 1. The molecule has 0 rings (SSSR count). The van der Waals surface area contributed by atoms with Crippen LogP contribution in [-0.2, 0) is 9.53 Å². The Morgan fingerprint density at radius 1 is 1.62 bits per heavy atom. The smallest absolute Gasteiger partial charge is 0.307 e. The molecule has 0 aromatic carbocycles. The van der Waals surface area contributed by atoms with E-state index < -0.39 is 0 Å². The highest BCUT2D eigenvalue weighted by Gasteiger charge is 2.05. The first kappa shape index (κ1) is 11.7. The number of hydrogen-bond acceptors (Lipinski definition) is 3. The topological polar surface area (TPSA) is 53.4 Å². The van der Waals surface area contributed by atoms with Crippen LogP contribution >= 0.6 is 0 Å². The number of hydrogen-bond donors (Lipinski definition) is 1. The number of carbonyl (C=O) groups excluding carboxylic acids is 1. The minimum atomic E-state index is -0.254. The van der Waals surface area contributed by atoms with E-state index in [4.69, 9.17) is 5.41 Å². The number of amidine groups is 1. The van der Waals surface area contributed by atoms with E-state index in [0.29, 0.717) is 18.8 Å². The van der Waals surface area contributed by atoms with Gasteiger partial charge in [-0.3, -0.25) is 10.2 Å². The molecule has 0 aliphatic heterocycles. The van der Waals surface area contributed by atoms with Crippen LogP contribution in [0.2, 0.25) is 0 Å². The van der Waals surface area contributed by atoms with Gasteiger partial charge in [-0.2, -0.15) is 0 Å². The third kappa shape index (κ3) is 5.00. The van der Waals surface area contributed by atoms with Crippen molar-refractivity contribution in [3.63, 3.8) is 0 Å². The van der Waals surface area contributed by atoms with Gasteiger partial charge in [0, 0.05) is 12.7 Å². The molecule has 0 atom stereocenters. The number of rotatable bonds is 4. The normalized spacial score (nSPS) is 10.1. The average molecular weight is 184 g/mol. The van der Waals surface area contributed by atoms with Gasteiger partial charge in [0.1, 0.15) is 0 Å². The molecule has 0 unspecified atom stereocenters. The van der Waals surface area contributed by atoms with E-state index in [1.54, 1.807) is 18.0 Å². The molecule has 0 aliphatic rings. The monoisotopic (exact) mass is 184 g/mol. The summed E-state index contributed by atoms with van der Waals surface area (Å²) in [6, 6.07) is 0. The highest BCUT2D eigenvalue weighted by atomic mass is 16.5. The molecule has 0 saturated heterocycles. The van der Waals surface area contributed by atoms with Gasteiger partial charge in [-0.25, -0.2) is 0 Å². The van der Waals surface area contributed by atoms with E-state index in [-0.39, 0.29) is 5.97 Å². The zero-order chi connectivity index (χ0) is 10.3. The summed E-state index contributed by atoms with van der Waals surface area (Å²) in [4.78, 5) is 12.5. The first-order valence-electron chi connectivity index (χ1n) is 4.13. The Bertz CT molecular complexity index is 212. The van der Waals surface area contributed by atoms with Crippen LogP contribution in [0.1, 0.15) is 20.3 Å². The number of nitrogens with one attached hydrogen (secondary N) is 1. The summed E-state index contributed by atoms with van der Waals surface area (Å²) in [5, 5.41) is 7.38. The maximum Gasteiger partial charge on any atom is 0.307 e. The van der Waals surface area contributed by atoms with Crippen molar-refractivity contribution in [2.24, 2.45) is 0 Å². The second-order valence-corrected chi connectivity index (χ2v) is 2.59. The van der Waals surface area contributed by atoms with E-state index >= 15 is 0 Å². The van der Waals surface area contributed by atoms with Gasteiger partial charge in [0.25, 0.3) is 0 Å². The average Bonchev–Trinajstić information content (AvgIpc) is 2.11. The van der Waals surface area contributed by atoms with E-state index in [2.05, 4.69) is 4.74 Å². The van der Waals surface area contributed by atoms with E-state index in [0.717, 1.165) is 0 Å². The zero-order valence-electron chi connectivity index (χ0n) is 8.33. The Labute approximate surface area is 78.7 Å². The summed E-state index contributed by atoms with van der Waals surface area (Å²) in [5.74, 6) is 0.165. The number of esters is 1. The molecule has 4 heteroatoms. The molecule has 1 N–H and O–H groups in total. The fraction of sp³-hybridized carbons (Fsp3) is 0.556. The third-order valence-corrected chi connectivity index (χ3v) is 1.54. The van der Waals surface area contributed by atoms with E-state index in [1.807, 2.05) is 13.0 Å². The van der Waals surface area contributed by atoms with Gasteiger partial charge in [0.05, 0.1) is 19.4 Å². The quantitative estimate of drug-likeness (QED) is 0.408. The van der Waals surface area contributed by atoms with Crippen LogP contribution in [0.15, 0.2) is 12.3 Å². The lowest BCUT2D eigenvalue weighted by Crippen LogP contribution is -2.25. The summed E-state index contributed by atoms with van der Waals surface area (Å²) < 4.78 is 4.50. The number of methoxy groups -OCH3 is 1. The molecule has 0 aromatic rings. The molecule has 74 valence electrons. The zero-order valence-corrected chi connectivity index (χ0v) is 8.33. The van der Waals surface area contributed by atoms with Crippen molar-refractivity contribution in [2.75, 3.05) is 13.7 Å². The predicted octanol–water partition coefficient (Wildman–Crippen LogP) is 1.38. The SMILES string of the molecule is C/C=C\N(CCC(=O)OC)C(C)=N. The Hall–Kier alpha value is -1.32. The summed E-state index contributed by atoms with van der Waals surface area (Å²) in [6.45, 7) is 4.04. The third-order valence-electron chi connectivity index (χ3n) is 1.54. The first-order chi connectivity index (χ1) is 6.11. The maximum absolute atomic E-state index is 10.8. The van der Waals surface area contributed by atoms with Crippen molar-refractivity contribution < 1.29 is 9.53 Å². The fourth-order valence-electron chi connectivity index (χ4n) is 0.848. The van der Waals surface area contributed by atoms with Crippen LogP contribution in [0, 0.1) is 5.41 Å². The summed E-state index contributed by atoms with van der Waals surface area (Å²) >= 11 is 0. The van der Waals surface area contributed by atoms with Crippen molar-refractivity contribution in [1.29, 1.82) is 5.41 Å². The van der Waals surface area contributed by atoms with Gasteiger partial charge in [-0.05, 0) is 13.8 Å². The number of ether oxygens (including phenoxy) is 1. The molecule has 13 heavy (non-hydrogen) atoms. The van der Waals surface area contributed by atoms with Gasteiger partial charge in [0.15, 0.2) is 0 Å². The Morgan fingerprint density at radius 2 is 2.23 bits per heavy atom. The fourth-order valence-corrected chi connectivity index (χ4v) is 0.848. The molecule has 0 spiro atoms. The minimum absolute atomic E-state index is 0.254. The molecule has 0 amide bonds. The van der Waals surface area contributed by atoms with E-state index in [1.165, 1.54) is 7.11 Å². The molecule has 0 radical (unpaired) electrons. The predicted molar refractivity (Wildman–Crippen MR) is 51.6 cm³/mol. The van der Waals surface area contributed by atoms with Crippen molar-refractivity contribution >= 4 is 11.8 Å². The van der Waals surface area contributed by atoms with Crippen LogP contribution in [0.5, 0.6) is 0 Å². The van der Waals surface area contributed by atoms with Crippen molar-refractivity contribution in [3.05, 3.63) is 12.3 Å². The standard InChI is InChI=1S/C9H16N2O2/c1-4-6-11(8(2)10)7-5-9(12)13-3/h4,6,10H,5,7H2,1-3H3/b6-4-,10-8?. The van der Waals surface area contributed by atoms with Crippen LogP contribution < -0.4 is 0 Å². The van der Waals surface area contributed by atoms with Gasteiger partial charge in [0.2, 0.25) is 0 Å². The lowest BCUT2D eigenvalue weighted by Gasteiger charge is -2.17. The maximum atomic E-state index is 10.8. The Kier molecular flexibility index (Phi) is 5.59. The van der Waals surface area contributed by atoms with Crippen LogP contribution in [0.25, 0.3) is 0 Å². The first-order valence-corrected chi connectivity index (χ1v) is 4.13. The van der Waals surface area contributed by atoms with Crippen molar-refractivity contribution in [3.8, 4) is 0 Å². The van der Waals surface area contributed by atoms with E-state index in [9.17, 15) is 4.79 Å². The highest BCUT2D eigenvalue weighted by molar-refractivity contribution is 5.78. The summed E-state index contributed by atoms with van der Waals surface area (Å²) in [7, 11) is 1.36. The molecular weight excluding hydrogens is 168 g/mol.